The number of hydrogen-bond acceptors (Lipinski definition) is 7. The molecule has 0 radical (unpaired) electrons. The summed E-state index contributed by atoms with van der Waals surface area (Å²) in [7, 11) is 0. The van der Waals surface area contributed by atoms with Crippen LogP contribution in [-0.4, -0.2) is 48.8 Å². The number of nitrogens with zero attached hydrogens (tertiary/aromatic N) is 1. The summed E-state index contributed by atoms with van der Waals surface area (Å²) in [6.07, 6.45) is 0.428. The molecule has 0 heterocycles. The van der Waals surface area contributed by atoms with Gasteiger partial charge in [0.15, 0.2) is 0 Å². The monoisotopic (exact) mass is 236 g/mol. The smallest absolute Gasteiger partial charge is 0.141 e. The molecule has 96 valence electrons. The summed E-state index contributed by atoms with van der Waals surface area (Å²) in [4.78, 5) is 0. The van der Waals surface area contributed by atoms with E-state index in [1.165, 1.54) is 0 Å². The van der Waals surface area contributed by atoms with Gasteiger partial charge in [-0.15, -0.1) is 0 Å². The Morgan fingerprint density at radius 2 is 1.88 bits per heavy atom. The zero-order valence-corrected chi connectivity index (χ0v) is 9.13. The van der Waals surface area contributed by atoms with E-state index in [1.807, 2.05) is 5.48 Å². The molecule has 7 N–H and O–H groups in total. The van der Waals surface area contributed by atoms with Crippen LogP contribution in [0.1, 0.15) is 12.8 Å². The zero-order chi connectivity index (χ0) is 12.2. The molecule has 0 aliphatic rings. The highest BCUT2D eigenvalue weighted by atomic mass is 16.5. The Hall–Kier alpha value is -0.930. The molecular formula is C8H20N4O4. The van der Waals surface area contributed by atoms with Gasteiger partial charge in [-0.3, -0.25) is 0 Å². The lowest BCUT2D eigenvalue weighted by atomic mass is 10.4. The first kappa shape index (κ1) is 15.1. The van der Waals surface area contributed by atoms with Gasteiger partial charge in [-0.2, -0.15) is 5.48 Å². The second kappa shape index (κ2) is 10.6. The molecule has 8 heteroatoms. The fourth-order valence-corrected chi connectivity index (χ4v) is 0.824. The Kier molecular flexibility index (Phi) is 9.97. The number of ether oxygens (including phenoxy) is 2. The van der Waals surface area contributed by atoms with Crippen LogP contribution in [0.3, 0.4) is 0 Å². The molecule has 8 nitrogen and oxygen atoms in total. The second-order valence-electron chi connectivity index (χ2n) is 3.09. The topological polar surface area (TPSA) is 135 Å². The van der Waals surface area contributed by atoms with E-state index in [0.29, 0.717) is 39.3 Å². The molecule has 0 aromatic carbocycles. The van der Waals surface area contributed by atoms with E-state index in [1.54, 1.807) is 0 Å². The van der Waals surface area contributed by atoms with Gasteiger partial charge in [0.1, 0.15) is 5.84 Å². The Bertz CT molecular complexity index is 191. The summed E-state index contributed by atoms with van der Waals surface area (Å²) in [6, 6.07) is 0. The first-order valence-corrected chi connectivity index (χ1v) is 4.97. The molecule has 0 saturated heterocycles. The van der Waals surface area contributed by atoms with Crippen molar-refractivity contribution in [2.24, 2.45) is 16.6 Å². The van der Waals surface area contributed by atoms with Gasteiger partial charge in [0, 0.05) is 19.4 Å². The minimum atomic E-state index is -0.471. The number of nitrogens with one attached hydrogen (secondary N) is 1. The second-order valence-corrected chi connectivity index (χ2v) is 3.09. The van der Waals surface area contributed by atoms with Gasteiger partial charge in [0.2, 0.25) is 0 Å². The molecule has 0 aromatic heterocycles. The molecule has 0 bridgehead atoms. The molecule has 0 fully saturated rings. The van der Waals surface area contributed by atoms with E-state index in [0.717, 1.165) is 0 Å². The number of nitrogens with two attached hydrogens (primary N) is 2. The van der Waals surface area contributed by atoms with Crippen molar-refractivity contribution in [3.8, 4) is 0 Å². The Labute approximate surface area is 94.1 Å². The predicted octanol–water partition coefficient (Wildman–Crippen LogP) is -1.19. The first-order chi connectivity index (χ1) is 7.70. The Morgan fingerprint density at radius 3 is 2.44 bits per heavy atom. The number of oxime groups is 1. The summed E-state index contributed by atoms with van der Waals surface area (Å²) >= 11 is 0. The molecule has 0 amide bonds. The summed E-state index contributed by atoms with van der Waals surface area (Å²) in [5.74, 6) is 0.140. The average molecular weight is 236 g/mol. The highest BCUT2D eigenvalue weighted by Crippen LogP contribution is 1.87. The quantitative estimate of drug-likeness (QED) is 0.0803. The van der Waals surface area contributed by atoms with Crippen LogP contribution >= 0.6 is 0 Å². The van der Waals surface area contributed by atoms with Crippen molar-refractivity contribution >= 4 is 5.84 Å². The van der Waals surface area contributed by atoms with Crippen LogP contribution < -0.4 is 16.9 Å². The molecule has 0 spiro atoms. The highest BCUT2D eigenvalue weighted by molar-refractivity contribution is 5.79. The predicted molar refractivity (Wildman–Crippen MR) is 57.2 cm³/mol. The van der Waals surface area contributed by atoms with E-state index >= 15 is 0 Å². The van der Waals surface area contributed by atoms with Gasteiger partial charge < -0.3 is 31.4 Å². The van der Waals surface area contributed by atoms with Crippen LogP contribution in [0.15, 0.2) is 5.16 Å². The van der Waals surface area contributed by atoms with Crippen LogP contribution in [0.2, 0.25) is 0 Å². The van der Waals surface area contributed by atoms with Gasteiger partial charge in [-0.25, -0.2) is 0 Å². The third kappa shape index (κ3) is 9.62. The van der Waals surface area contributed by atoms with Gasteiger partial charge >= 0.3 is 0 Å². The van der Waals surface area contributed by atoms with Crippen LogP contribution in [0.4, 0.5) is 0 Å². The molecular weight excluding hydrogens is 216 g/mol. The maximum atomic E-state index is 8.38. The van der Waals surface area contributed by atoms with Crippen LogP contribution in [0.25, 0.3) is 0 Å². The SMILES string of the molecule is N/C(CCOCCOCCC(N)NO)=N\O. The molecule has 0 aliphatic carbocycles. The fraction of sp³-hybridized carbons (Fsp3) is 0.875. The largest absolute Gasteiger partial charge is 0.409 e. The Morgan fingerprint density at radius 1 is 1.25 bits per heavy atom. The first-order valence-electron chi connectivity index (χ1n) is 4.97. The van der Waals surface area contributed by atoms with Crippen molar-refractivity contribution in [1.82, 2.24) is 5.48 Å². The third-order valence-electron chi connectivity index (χ3n) is 1.74. The summed E-state index contributed by atoms with van der Waals surface area (Å²) in [6.45, 7) is 1.70. The van der Waals surface area contributed by atoms with Crippen molar-refractivity contribution in [2.45, 2.75) is 19.0 Å². The van der Waals surface area contributed by atoms with E-state index in [9.17, 15) is 0 Å². The third-order valence-corrected chi connectivity index (χ3v) is 1.74. The standard InChI is InChI=1S/C8H20N4O4/c9-7(11-13)1-3-15-5-6-16-4-2-8(10)12-14/h7,11,13-14H,1-6,9H2,(H2,10,12). The number of rotatable bonds is 10. The maximum absolute atomic E-state index is 8.38. The lowest BCUT2D eigenvalue weighted by Gasteiger charge is -2.09. The summed E-state index contributed by atoms with van der Waals surface area (Å²) in [5, 5.41) is 19.4. The zero-order valence-electron chi connectivity index (χ0n) is 9.13. The van der Waals surface area contributed by atoms with E-state index in [4.69, 9.17) is 31.4 Å². The molecule has 0 aromatic rings. The number of hydroxylamine groups is 1. The summed E-state index contributed by atoms with van der Waals surface area (Å²) < 4.78 is 10.3. The maximum Gasteiger partial charge on any atom is 0.141 e. The average Bonchev–Trinajstić information content (AvgIpc) is 2.31. The Balaban J connectivity index is 3.10. The normalized spacial score (nSPS) is 14.0. The number of hydrogen-bond donors (Lipinski definition) is 5. The molecule has 0 rings (SSSR count). The van der Waals surface area contributed by atoms with E-state index in [2.05, 4.69) is 5.16 Å². The summed E-state index contributed by atoms with van der Waals surface area (Å²) in [5.41, 5.74) is 12.5. The lowest BCUT2D eigenvalue weighted by molar-refractivity contribution is 0.0385. The molecule has 1 atom stereocenters. The van der Waals surface area contributed by atoms with Gasteiger partial charge in [0.25, 0.3) is 0 Å². The van der Waals surface area contributed by atoms with Crippen molar-refractivity contribution < 1.29 is 19.9 Å². The minimum Gasteiger partial charge on any atom is -0.409 e. The molecule has 1 unspecified atom stereocenters. The van der Waals surface area contributed by atoms with Crippen molar-refractivity contribution in [3.05, 3.63) is 0 Å². The molecule has 16 heavy (non-hydrogen) atoms. The van der Waals surface area contributed by atoms with E-state index in [-0.39, 0.29) is 5.84 Å². The van der Waals surface area contributed by atoms with Gasteiger partial charge in [-0.05, 0) is 0 Å². The van der Waals surface area contributed by atoms with Crippen molar-refractivity contribution in [2.75, 3.05) is 26.4 Å². The van der Waals surface area contributed by atoms with Gasteiger partial charge in [-0.1, -0.05) is 5.16 Å². The van der Waals surface area contributed by atoms with Crippen molar-refractivity contribution in [3.63, 3.8) is 0 Å². The lowest BCUT2D eigenvalue weighted by Crippen LogP contribution is -2.35. The van der Waals surface area contributed by atoms with Crippen molar-refractivity contribution in [1.29, 1.82) is 0 Å². The van der Waals surface area contributed by atoms with Gasteiger partial charge in [0.05, 0.1) is 26.0 Å². The fourth-order valence-electron chi connectivity index (χ4n) is 0.824. The van der Waals surface area contributed by atoms with Crippen LogP contribution in [-0.2, 0) is 9.47 Å². The molecule has 0 saturated carbocycles. The minimum absolute atomic E-state index is 0.140. The number of amidine groups is 1. The molecule has 0 aliphatic heterocycles. The van der Waals surface area contributed by atoms with Crippen LogP contribution in [0, 0.1) is 0 Å². The van der Waals surface area contributed by atoms with Crippen LogP contribution in [0.5, 0.6) is 0 Å². The van der Waals surface area contributed by atoms with E-state index < -0.39 is 6.17 Å². The highest BCUT2D eigenvalue weighted by Gasteiger charge is 1.98.